The van der Waals surface area contributed by atoms with Crippen LogP contribution in [0.4, 0.5) is 10.5 Å². The van der Waals surface area contributed by atoms with Crippen molar-refractivity contribution >= 4 is 43.6 Å². The number of rotatable bonds is 3. The molecule has 0 atom stereocenters. The average molecular weight is 497 g/mol. The van der Waals surface area contributed by atoms with Crippen LogP contribution in [0.15, 0.2) is 45.3 Å². The van der Waals surface area contributed by atoms with Crippen LogP contribution < -0.4 is 14.8 Å². The van der Waals surface area contributed by atoms with Gasteiger partial charge in [0, 0.05) is 41.7 Å². The number of carbonyl (C=O) groups excluding carboxylic acids is 1. The number of halogens is 2. The van der Waals surface area contributed by atoms with Crippen molar-refractivity contribution in [2.75, 3.05) is 38.3 Å². The fourth-order valence-electron chi connectivity index (χ4n) is 3.19. The first-order valence-electron chi connectivity index (χ1n) is 8.70. The van der Waals surface area contributed by atoms with Gasteiger partial charge >= 0.3 is 6.03 Å². The van der Waals surface area contributed by atoms with Gasteiger partial charge in [-0.05, 0) is 51.8 Å². The van der Waals surface area contributed by atoms with E-state index in [0.717, 1.165) is 45.8 Å². The summed E-state index contributed by atoms with van der Waals surface area (Å²) in [6.45, 7) is 4.20. The van der Waals surface area contributed by atoms with Crippen LogP contribution in [-0.2, 0) is 6.54 Å². The number of urea groups is 1. The first kappa shape index (κ1) is 18.6. The second-order valence-corrected chi connectivity index (χ2v) is 8.28. The molecule has 0 radical (unpaired) electrons. The zero-order valence-electron chi connectivity index (χ0n) is 14.6. The number of nitrogens with zero attached hydrogens (tertiary/aromatic N) is 2. The molecule has 1 saturated heterocycles. The van der Waals surface area contributed by atoms with Gasteiger partial charge < -0.3 is 19.7 Å². The molecule has 0 unspecified atom stereocenters. The van der Waals surface area contributed by atoms with Crippen LogP contribution in [0.2, 0.25) is 0 Å². The second kappa shape index (κ2) is 8.08. The second-order valence-electron chi connectivity index (χ2n) is 6.51. The first-order chi connectivity index (χ1) is 13.1. The van der Waals surface area contributed by atoms with Gasteiger partial charge in [-0.15, -0.1) is 0 Å². The average Bonchev–Trinajstić information content (AvgIpc) is 3.12. The Morgan fingerprint density at radius 1 is 1.00 bits per heavy atom. The molecule has 0 spiro atoms. The summed E-state index contributed by atoms with van der Waals surface area (Å²) >= 11 is 6.89. The van der Waals surface area contributed by atoms with E-state index in [0.29, 0.717) is 19.9 Å². The number of anilines is 1. The van der Waals surface area contributed by atoms with Crippen LogP contribution in [0.5, 0.6) is 11.5 Å². The molecule has 2 aromatic carbocycles. The number of ether oxygens (including phenoxy) is 2. The van der Waals surface area contributed by atoms with Gasteiger partial charge in [0.05, 0.1) is 5.69 Å². The summed E-state index contributed by atoms with van der Waals surface area (Å²) in [5.41, 5.74) is 1.96. The number of hydrogen-bond donors (Lipinski definition) is 1. The van der Waals surface area contributed by atoms with Gasteiger partial charge in [0.25, 0.3) is 0 Å². The van der Waals surface area contributed by atoms with Crippen molar-refractivity contribution in [3.05, 3.63) is 50.9 Å². The monoisotopic (exact) mass is 495 g/mol. The maximum atomic E-state index is 12.5. The summed E-state index contributed by atoms with van der Waals surface area (Å²) in [4.78, 5) is 16.7. The van der Waals surface area contributed by atoms with Crippen molar-refractivity contribution in [3.63, 3.8) is 0 Å². The molecule has 1 N–H and O–H groups in total. The van der Waals surface area contributed by atoms with E-state index in [1.165, 1.54) is 5.56 Å². The van der Waals surface area contributed by atoms with Crippen LogP contribution in [0.25, 0.3) is 0 Å². The molecule has 2 heterocycles. The third-order valence-corrected chi connectivity index (χ3v) is 5.82. The lowest BCUT2D eigenvalue weighted by Gasteiger charge is -2.34. The number of amides is 2. The highest BCUT2D eigenvalue weighted by molar-refractivity contribution is 9.11. The molecule has 8 heteroatoms. The molecule has 2 amide bonds. The van der Waals surface area contributed by atoms with E-state index in [4.69, 9.17) is 9.47 Å². The van der Waals surface area contributed by atoms with Crippen LogP contribution in [0, 0.1) is 0 Å². The van der Waals surface area contributed by atoms with E-state index in [-0.39, 0.29) is 6.03 Å². The summed E-state index contributed by atoms with van der Waals surface area (Å²) in [6.07, 6.45) is 0. The smallest absolute Gasteiger partial charge is 0.321 e. The SMILES string of the molecule is O=C(Nc1ccc(Br)cc1Br)N1CCN(Cc2ccc3c(c2)OCO3)CC1. The molecule has 2 aliphatic heterocycles. The third-order valence-electron chi connectivity index (χ3n) is 4.68. The minimum atomic E-state index is -0.0687. The molecule has 0 aliphatic carbocycles. The lowest BCUT2D eigenvalue weighted by molar-refractivity contribution is 0.143. The highest BCUT2D eigenvalue weighted by Gasteiger charge is 2.22. The molecule has 6 nitrogen and oxygen atoms in total. The molecule has 2 aromatic rings. The van der Waals surface area contributed by atoms with Crippen molar-refractivity contribution in [1.82, 2.24) is 9.80 Å². The Morgan fingerprint density at radius 3 is 2.56 bits per heavy atom. The first-order valence-corrected chi connectivity index (χ1v) is 10.3. The number of carbonyl (C=O) groups is 1. The van der Waals surface area contributed by atoms with Crippen molar-refractivity contribution in [2.45, 2.75) is 6.54 Å². The van der Waals surface area contributed by atoms with Crippen molar-refractivity contribution in [3.8, 4) is 11.5 Å². The van der Waals surface area contributed by atoms with E-state index in [1.54, 1.807) is 0 Å². The van der Waals surface area contributed by atoms with Gasteiger partial charge in [-0.3, -0.25) is 4.90 Å². The highest BCUT2D eigenvalue weighted by atomic mass is 79.9. The zero-order chi connectivity index (χ0) is 18.8. The summed E-state index contributed by atoms with van der Waals surface area (Å²) in [7, 11) is 0. The van der Waals surface area contributed by atoms with Crippen molar-refractivity contribution in [2.24, 2.45) is 0 Å². The Hall–Kier alpha value is -1.77. The number of benzene rings is 2. The van der Waals surface area contributed by atoms with E-state index in [9.17, 15) is 4.79 Å². The fourth-order valence-corrected chi connectivity index (χ4v) is 4.34. The molecular formula is C19H19Br2N3O3. The lowest BCUT2D eigenvalue weighted by Crippen LogP contribution is -2.49. The molecular weight excluding hydrogens is 478 g/mol. The van der Waals surface area contributed by atoms with E-state index in [2.05, 4.69) is 48.1 Å². The van der Waals surface area contributed by atoms with Crippen LogP contribution in [-0.4, -0.2) is 48.8 Å². The molecule has 2 aliphatic rings. The van der Waals surface area contributed by atoms with Crippen LogP contribution in [0.1, 0.15) is 5.56 Å². The fraction of sp³-hybridized carbons (Fsp3) is 0.316. The highest BCUT2D eigenvalue weighted by Crippen LogP contribution is 2.33. The largest absolute Gasteiger partial charge is 0.454 e. The van der Waals surface area contributed by atoms with Gasteiger partial charge in [-0.25, -0.2) is 4.79 Å². The van der Waals surface area contributed by atoms with E-state index >= 15 is 0 Å². The normalized spacial score (nSPS) is 16.4. The zero-order valence-corrected chi connectivity index (χ0v) is 17.8. The lowest BCUT2D eigenvalue weighted by atomic mass is 10.1. The van der Waals surface area contributed by atoms with Crippen LogP contribution >= 0.6 is 31.9 Å². The molecule has 0 aromatic heterocycles. The summed E-state index contributed by atoms with van der Waals surface area (Å²) in [6, 6.07) is 11.7. The van der Waals surface area contributed by atoms with Crippen LogP contribution in [0.3, 0.4) is 0 Å². The van der Waals surface area contributed by atoms with Crippen molar-refractivity contribution < 1.29 is 14.3 Å². The van der Waals surface area contributed by atoms with Gasteiger partial charge in [0.2, 0.25) is 6.79 Å². The van der Waals surface area contributed by atoms with E-state index < -0.39 is 0 Å². The predicted octanol–water partition coefficient (Wildman–Crippen LogP) is 4.29. The Labute approximate surface area is 174 Å². The number of fused-ring (bicyclic) bond motifs is 1. The Morgan fingerprint density at radius 2 is 1.78 bits per heavy atom. The quantitative estimate of drug-likeness (QED) is 0.688. The molecule has 1 fully saturated rings. The third kappa shape index (κ3) is 4.39. The summed E-state index contributed by atoms with van der Waals surface area (Å²) < 4.78 is 12.6. The number of piperazine rings is 1. The van der Waals surface area contributed by atoms with Crippen molar-refractivity contribution in [1.29, 1.82) is 0 Å². The van der Waals surface area contributed by atoms with E-state index in [1.807, 2.05) is 35.2 Å². The molecule has 0 saturated carbocycles. The van der Waals surface area contributed by atoms with Gasteiger partial charge in [0.15, 0.2) is 11.5 Å². The Balaban J connectivity index is 1.30. The Kier molecular flexibility index (Phi) is 5.56. The minimum Gasteiger partial charge on any atom is -0.454 e. The predicted molar refractivity (Wildman–Crippen MR) is 110 cm³/mol. The molecule has 142 valence electrons. The maximum absolute atomic E-state index is 12.5. The standard InChI is InChI=1S/C19H19Br2N3O3/c20-14-2-3-16(15(21)10-14)22-19(25)24-7-5-23(6-8-24)11-13-1-4-17-18(9-13)27-12-26-17/h1-4,9-10H,5-8,11-12H2,(H,22,25). The van der Waals surface area contributed by atoms with Gasteiger partial charge in [-0.2, -0.15) is 0 Å². The Bertz CT molecular complexity index is 854. The summed E-state index contributed by atoms with van der Waals surface area (Å²) in [5.74, 6) is 1.62. The van der Waals surface area contributed by atoms with Gasteiger partial charge in [-0.1, -0.05) is 22.0 Å². The molecule has 27 heavy (non-hydrogen) atoms. The molecule has 0 bridgehead atoms. The number of nitrogens with one attached hydrogen (secondary N) is 1. The maximum Gasteiger partial charge on any atom is 0.321 e. The minimum absolute atomic E-state index is 0.0687. The van der Waals surface area contributed by atoms with Gasteiger partial charge in [0.1, 0.15) is 0 Å². The topological polar surface area (TPSA) is 54.0 Å². The molecule has 4 rings (SSSR count). The number of hydrogen-bond acceptors (Lipinski definition) is 4. The summed E-state index contributed by atoms with van der Waals surface area (Å²) in [5, 5.41) is 2.97.